The van der Waals surface area contributed by atoms with E-state index < -0.39 is 5.97 Å². The maximum Gasteiger partial charge on any atom is 0.328 e. The van der Waals surface area contributed by atoms with Gasteiger partial charge in [0.2, 0.25) is 0 Å². The van der Waals surface area contributed by atoms with E-state index in [-0.39, 0.29) is 0 Å². The summed E-state index contributed by atoms with van der Waals surface area (Å²) in [6.07, 6.45) is 5.03. The van der Waals surface area contributed by atoms with Crippen molar-refractivity contribution in [3.63, 3.8) is 0 Å². The zero-order valence-corrected chi connectivity index (χ0v) is 12.0. The van der Waals surface area contributed by atoms with E-state index in [4.69, 9.17) is 5.11 Å². The van der Waals surface area contributed by atoms with E-state index in [0.29, 0.717) is 12.0 Å². The SMILES string of the molecule is C=CCc1cccc(-c2cccc(C=CC(=O)O)c2)c1C#N. The molecule has 0 aliphatic carbocycles. The Morgan fingerprint density at radius 2 is 2.05 bits per heavy atom. The van der Waals surface area contributed by atoms with Gasteiger partial charge in [-0.25, -0.2) is 4.79 Å². The van der Waals surface area contributed by atoms with Crippen LogP contribution in [0.2, 0.25) is 0 Å². The van der Waals surface area contributed by atoms with Crippen LogP contribution in [0.1, 0.15) is 16.7 Å². The molecule has 0 amide bonds. The lowest BCUT2D eigenvalue weighted by atomic mass is 9.94. The molecule has 0 heterocycles. The average Bonchev–Trinajstić information content (AvgIpc) is 2.53. The summed E-state index contributed by atoms with van der Waals surface area (Å²) in [4.78, 5) is 10.6. The number of hydrogen-bond acceptors (Lipinski definition) is 2. The first-order valence-corrected chi connectivity index (χ1v) is 6.80. The summed E-state index contributed by atoms with van der Waals surface area (Å²) in [5, 5.41) is 18.2. The molecule has 108 valence electrons. The van der Waals surface area contributed by atoms with E-state index in [2.05, 4.69) is 12.6 Å². The molecule has 0 saturated heterocycles. The molecule has 3 heteroatoms. The van der Waals surface area contributed by atoms with Gasteiger partial charge >= 0.3 is 5.97 Å². The third-order valence-electron chi connectivity index (χ3n) is 3.24. The highest BCUT2D eigenvalue weighted by Gasteiger charge is 2.09. The molecule has 0 fully saturated rings. The predicted molar refractivity (Wildman–Crippen MR) is 87.2 cm³/mol. The Bertz CT molecular complexity index is 782. The molecule has 0 aliphatic rings. The van der Waals surface area contributed by atoms with E-state index in [1.165, 1.54) is 6.08 Å². The lowest BCUT2D eigenvalue weighted by molar-refractivity contribution is -0.131. The van der Waals surface area contributed by atoms with Crippen LogP contribution in [-0.2, 0) is 11.2 Å². The fourth-order valence-electron chi connectivity index (χ4n) is 2.28. The number of nitriles is 1. The van der Waals surface area contributed by atoms with Crippen molar-refractivity contribution in [2.75, 3.05) is 0 Å². The molecule has 0 aromatic heterocycles. The van der Waals surface area contributed by atoms with E-state index in [1.54, 1.807) is 6.08 Å². The molecule has 0 radical (unpaired) electrons. The van der Waals surface area contributed by atoms with Crippen molar-refractivity contribution in [1.29, 1.82) is 5.26 Å². The Morgan fingerprint density at radius 1 is 1.27 bits per heavy atom. The van der Waals surface area contributed by atoms with Crippen LogP contribution in [0.5, 0.6) is 0 Å². The highest BCUT2D eigenvalue weighted by atomic mass is 16.4. The third-order valence-corrected chi connectivity index (χ3v) is 3.24. The quantitative estimate of drug-likeness (QED) is 0.667. The minimum absolute atomic E-state index is 0.627. The van der Waals surface area contributed by atoms with Crippen LogP contribution >= 0.6 is 0 Å². The largest absolute Gasteiger partial charge is 0.478 e. The van der Waals surface area contributed by atoms with E-state index in [9.17, 15) is 10.1 Å². The van der Waals surface area contributed by atoms with Crippen molar-refractivity contribution in [1.82, 2.24) is 0 Å². The van der Waals surface area contributed by atoms with Crippen LogP contribution < -0.4 is 0 Å². The number of carbonyl (C=O) groups is 1. The van der Waals surface area contributed by atoms with Crippen molar-refractivity contribution in [3.8, 4) is 17.2 Å². The van der Waals surface area contributed by atoms with Crippen molar-refractivity contribution in [2.45, 2.75) is 6.42 Å². The molecule has 1 N–H and O–H groups in total. The molecule has 0 bridgehead atoms. The average molecular weight is 289 g/mol. The molecule has 2 rings (SSSR count). The number of carboxylic acid groups (broad SMARTS) is 1. The molecule has 0 saturated carbocycles. The normalized spacial score (nSPS) is 10.3. The molecule has 2 aromatic carbocycles. The summed E-state index contributed by atoms with van der Waals surface area (Å²) < 4.78 is 0. The van der Waals surface area contributed by atoms with Crippen LogP contribution in [0.4, 0.5) is 0 Å². The van der Waals surface area contributed by atoms with Gasteiger partial charge in [0.05, 0.1) is 5.56 Å². The Kier molecular flexibility index (Phi) is 4.89. The van der Waals surface area contributed by atoms with Gasteiger partial charge in [0.25, 0.3) is 0 Å². The minimum atomic E-state index is -0.990. The zero-order valence-electron chi connectivity index (χ0n) is 12.0. The number of allylic oxidation sites excluding steroid dienone is 1. The number of aliphatic carboxylic acids is 1. The second kappa shape index (κ2) is 7.05. The van der Waals surface area contributed by atoms with Gasteiger partial charge in [0.1, 0.15) is 6.07 Å². The van der Waals surface area contributed by atoms with Gasteiger partial charge in [-0.2, -0.15) is 5.26 Å². The Morgan fingerprint density at radius 3 is 2.73 bits per heavy atom. The summed E-state index contributed by atoms with van der Waals surface area (Å²) >= 11 is 0. The molecule has 0 atom stereocenters. The lowest BCUT2D eigenvalue weighted by Gasteiger charge is -2.09. The lowest BCUT2D eigenvalue weighted by Crippen LogP contribution is -1.92. The number of carboxylic acids is 1. The molecule has 0 unspecified atom stereocenters. The summed E-state index contributed by atoms with van der Waals surface area (Å²) in [7, 11) is 0. The maximum atomic E-state index is 10.6. The fourth-order valence-corrected chi connectivity index (χ4v) is 2.28. The molecular formula is C19H15NO2. The molecular weight excluding hydrogens is 274 g/mol. The van der Waals surface area contributed by atoms with Gasteiger partial charge in [-0.1, -0.05) is 42.5 Å². The molecule has 0 spiro atoms. The van der Waals surface area contributed by atoms with Crippen LogP contribution in [0.15, 0.2) is 61.2 Å². The summed E-state index contributed by atoms with van der Waals surface area (Å²) in [6.45, 7) is 3.71. The summed E-state index contributed by atoms with van der Waals surface area (Å²) in [5.41, 5.74) is 4.06. The Balaban J connectivity index is 2.51. The maximum absolute atomic E-state index is 10.6. The van der Waals surface area contributed by atoms with Crippen molar-refractivity contribution in [3.05, 3.63) is 77.9 Å². The van der Waals surface area contributed by atoms with E-state index in [1.807, 2.05) is 42.5 Å². The van der Waals surface area contributed by atoms with Crippen LogP contribution in [0.25, 0.3) is 17.2 Å². The fraction of sp³-hybridized carbons (Fsp3) is 0.0526. The Labute approximate surface area is 129 Å². The highest BCUT2D eigenvalue weighted by Crippen LogP contribution is 2.27. The number of nitrogens with zero attached hydrogens (tertiary/aromatic N) is 1. The van der Waals surface area contributed by atoms with Gasteiger partial charge in [-0.05, 0) is 40.8 Å². The first-order chi connectivity index (χ1) is 10.7. The van der Waals surface area contributed by atoms with E-state index in [0.717, 1.165) is 28.3 Å². The van der Waals surface area contributed by atoms with Gasteiger partial charge < -0.3 is 5.11 Å². The number of benzene rings is 2. The first kappa shape index (κ1) is 15.3. The van der Waals surface area contributed by atoms with Crippen molar-refractivity contribution >= 4 is 12.0 Å². The first-order valence-electron chi connectivity index (χ1n) is 6.80. The number of hydrogen-bond donors (Lipinski definition) is 1. The van der Waals surface area contributed by atoms with Crippen molar-refractivity contribution in [2.24, 2.45) is 0 Å². The molecule has 2 aromatic rings. The van der Waals surface area contributed by atoms with Gasteiger partial charge in [-0.3, -0.25) is 0 Å². The summed E-state index contributed by atoms with van der Waals surface area (Å²) in [5.74, 6) is -0.990. The van der Waals surface area contributed by atoms with Crippen molar-refractivity contribution < 1.29 is 9.90 Å². The second-order valence-electron chi connectivity index (χ2n) is 4.74. The van der Waals surface area contributed by atoms with E-state index >= 15 is 0 Å². The minimum Gasteiger partial charge on any atom is -0.478 e. The van der Waals surface area contributed by atoms with Gasteiger partial charge in [0.15, 0.2) is 0 Å². The highest BCUT2D eigenvalue weighted by molar-refractivity contribution is 5.85. The summed E-state index contributed by atoms with van der Waals surface area (Å²) in [6, 6.07) is 15.4. The molecule has 3 nitrogen and oxygen atoms in total. The number of rotatable bonds is 5. The zero-order chi connectivity index (χ0) is 15.9. The van der Waals surface area contributed by atoms with Gasteiger partial charge in [-0.15, -0.1) is 6.58 Å². The van der Waals surface area contributed by atoms with Crippen LogP contribution in [0, 0.1) is 11.3 Å². The smallest absolute Gasteiger partial charge is 0.328 e. The Hall–Kier alpha value is -3.12. The topological polar surface area (TPSA) is 61.1 Å². The second-order valence-corrected chi connectivity index (χ2v) is 4.74. The predicted octanol–water partition coefficient (Wildman–Crippen LogP) is 4.05. The standard InChI is InChI=1S/C19H15NO2/c1-2-5-15-7-4-9-17(18(15)13-20)16-8-3-6-14(12-16)10-11-19(21)22/h2-4,6-12H,1,5H2,(H,21,22). The van der Waals surface area contributed by atoms with Crippen LogP contribution in [-0.4, -0.2) is 11.1 Å². The third kappa shape index (κ3) is 3.50. The molecule has 22 heavy (non-hydrogen) atoms. The van der Waals surface area contributed by atoms with Crippen LogP contribution in [0.3, 0.4) is 0 Å². The monoisotopic (exact) mass is 289 g/mol. The van der Waals surface area contributed by atoms with Gasteiger partial charge in [0, 0.05) is 6.08 Å². The molecule has 0 aliphatic heterocycles.